The number of hydrogen-bond acceptors (Lipinski definition) is 3. The molecule has 0 aliphatic rings. The van der Waals surface area contributed by atoms with Crippen LogP contribution in [0.1, 0.15) is 51.0 Å². The molecule has 126 valence electrons. The Labute approximate surface area is 140 Å². The molecule has 1 aromatic carbocycles. The van der Waals surface area contributed by atoms with Gasteiger partial charge >= 0.3 is 5.97 Å². The Hall–Kier alpha value is -2.03. The van der Waals surface area contributed by atoms with E-state index in [1.54, 1.807) is 6.08 Å². The molecule has 0 heterocycles. The van der Waals surface area contributed by atoms with Crippen LogP contribution in [0.5, 0.6) is 5.75 Å². The molecule has 0 saturated carbocycles. The second-order valence-corrected chi connectivity index (χ2v) is 5.43. The van der Waals surface area contributed by atoms with Gasteiger partial charge in [0.15, 0.2) is 0 Å². The molecule has 1 rings (SSSR count). The molecule has 0 aliphatic heterocycles. The van der Waals surface area contributed by atoms with Gasteiger partial charge in [0.1, 0.15) is 5.75 Å². The van der Waals surface area contributed by atoms with Crippen LogP contribution in [-0.4, -0.2) is 19.7 Å². The molecule has 0 unspecified atom stereocenters. The summed E-state index contributed by atoms with van der Waals surface area (Å²) in [7, 11) is 1.36. The molecule has 23 heavy (non-hydrogen) atoms. The number of unbranched alkanes of at least 4 members (excludes halogenated alkanes) is 5. The predicted molar refractivity (Wildman–Crippen MR) is 95.5 cm³/mol. The molecule has 0 saturated heterocycles. The average Bonchev–Trinajstić information content (AvgIpc) is 2.59. The summed E-state index contributed by atoms with van der Waals surface area (Å²) >= 11 is 0. The number of ether oxygens (including phenoxy) is 2. The number of allylic oxidation sites excluding steroid dienone is 2. The first-order valence-electron chi connectivity index (χ1n) is 8.42. The van der Waals surface area contributed by atoms with Gasteiger partial charge < -0.3 is 9.47 Å². The molecule has 0 amide bonds. The third-order valence-corrected chi connectivity index (χ3v) is 3.48. The predicted octanol–water partition coefficient (Wildman–Crippen LogP) is 5.17. The van der Waals surface area contributed by atoms with Crippen molar-refractivity contribution in [1.29, 1.82) is 0 Å². The molecule has 0 N–H and O–H groups in total. The molecule has 0 aromatic heterocycles. The summed E-state index contributed by atoms with van der Waals surface area (Å²) in [5.74, 6) is 0.550. The van der Waals surface area contributed by atoms with Crippen LogP contribution in [0.3, 0.4) is 0 Å². The maximum Gasteiger partial charge on any atom is 0.330 e. The molecular formula is C20H28O3. The van der Waals surface area contributed by atoms with Gasteiger partial charge in [0.2, 0.25) is 0 Å². The lowest BCUT2D eigenvalue weighted by Crippen LogP contribution is -1.97. The summed E-state index contributed by atoms with van der Waals surface area (Å²) in [6.45, 7) is 3.01. The Morgan fingerprint density at radius 3 is 2.39 bits per heavy atom. The van der Waals surface area contributed by atoms with E-state index < -0.39 is 0 Å². The number of benzene rings is 1. The van der Waals surface area contributed by atoms with Crippen molar-refractivity contribution < 1.29 is 14.3 Å². The highest BCUT2D eigenvalue weighted by molar-refractivity contribution is 5.82. The fourth-order valence-electron chi connectivity index (χ4n) is 2.12. The number of hydrogen-bond donors (Lipinski definition) is 0. The largest absolute Gasteiger partial charge is 0.494 e. The van der Waals surface area contributed by atoms with Crippen molar-refractivity contribution in [3.05, 3.63) is 48.1 Å². The highest BCUT2D eigenvalue weighted by Gasteiger charge is 1.95. The van der Waals surface area contributed by atoms with Crippen LogP contribution in [0.2, 0.25) is 0 Å². The Balaban J connectivity index is 2.24. The first kappa shape index (κ1) is 19.0. The van der Waals surface area contributed by atoms with E-state index in [4.69, 9.17) is 4.74 Å². The van der Waals surface area contributed by atoms with Crippen LogP contribution in [0.25, 0.3) is 6.08 Å². The Morgan fingerprint density at radius 2 is 1.70 bits per heavy atom. The minimum Gasteiger partial charge on any atom is -0.494 e. The highest BCUT2D eigenvalue weighted by atomic mass is 16.5. The Kier molecular flexibility index (Phi) is 10.3. The highest BCUT2D eigenvalue weighted by Crippen LogP contribution is 2.14. The van der Waals surface area contributed by atoms with Crippen LogP contribution in [0.4, 0.5) is 0 Å². The molecule has 1 aromatic rings. The average molecular weight is 316 g/mol. The fraction of sp³-hybridized carbons (Fsp3) is 0.450. The van der Waals surface area contributed by atoms with Crippen LogP contribution in [0, 0.1) is 0 Å². The van der Waals surface area contributed by atoms with Gasteiger partial charge in [-0.2, -0.15) is 0 Å². The lowest BCUT2D eigenvalue weighted by molar-refractivity contribution is -0.134. The number of carbonyl (C=O) groups is 1. The van der Waals surface area contributed by atoms with Gasteiger partial charge in [-0.3, -0.25) is 0 Å². The van der Waals surface area contributed by atoms with Crippen molar-refractivity contribution in [3.8, 4) is 5.75 Å². The molecule has 0 radical (unpaired) electrons. The number of methoxy groups -OCH3 is 1. The van der Waals surface area contributed by atoms with E-state index in [-0.39, 0.29) is 5.97 Å². The summed E-state index contributed by atoms with van der Waals surface area (Å²) in [6, 6.07) is 7.94. The van der Waals surface area contributed by atoms with E-state index in [1.165, 1.54) is 45.3 Å². The maximum absolute atomic E-state index is 10.9. The van der Waals surface area contributed by atoms with Gasteiger partial charge in [-0.1, -0.05) is 69.4 Å². The standard InChI is InChI=1S/C20H28O3/c1-3-4-5-6-7-10-17-23-19-15-13-18(14-16-19)11-8-9-12-20(21)22-2/h8-9,11-16H,3-7,10,17H2,1-2H3/b11-8-,12-9-. The quantitative estimate of drug-likeness (QED) is 0.244. The molecule has 0 fully saturated rings. The van der Waals surface area contributed by atoms with E-state index in [1.807, 2.05) is 36.4 Å². The summed E-state index contributed by atoms with van der Waals surface area (Å²) < 4.78 is 10.3. The van der Waals surface area contributed by atoms with Gasteiger partial charge in [0.25, 0.3) is 0 Å². The van der Waals surface area contributed by atoms with Crippen molar-refractivity contribution in [2.45, 2.75) is 45.4 Å². The normalized spacial score (nSPS) is 11.2. The van der Waals surface area contributed by atoms with E-state index in [0.717, 1.165) is 24.3 Å². The maximum atomic E-state index is 10.9. The van der Waals surface area contributed by atoms with E-state index in [0.29, 0.717) is 0 Å². The van der Waals surface area contributed by atoms with Crippen LogP contribution >= 0.6 is 0 Å². The minimum absolute atomic E-state index is 0.354. The second kappa shape index (κ2) is 12.5. The molecule has 0 bridgehead atoms. The van der Waals surface area contributed by atoms with Crippen LogP contribution in [-0.2, 0) is 9.53 Å². The fourth-order valence-corrected chi connectivity index (χ4v) is 2.12. The Morgan fingerprint density at radius 1 is 1.00 bits per heavy atom. The molecule has 0 atom stereocenters. The van der Waals surface area contributed by atoms with Crippen molar-refractivity contribution >= 4 is 12.0 Å². The molecule has 0 aliphatic carbocycles. The van der Waals surface area contributed by atoms with E-state index >= 15 is 0 Å². The summed E-state index contributed by atoms with van der Waals surface area (Å²) in [5.41, 5.74) is 1.06. The molecule has 0 spiro atoms. The van der Waals surface area contributed by atoms with Crippen molar-refractivity contribution in [2.75, 3.05) is 13.7 Å². The first-order chi connectivity index (χ1) is 11.3. The summed E-state index contributed by atoms with van der Waals surface area (Å²) in [6.07, 6.45) is 14.4. The molecule has 3 heteroatoms. The van der Waals surface area contributed by atoms with Crippen molar-refractivity contribution in [1.82, 2.24) is 0 Å². The zero-order chi connectivity index (χ0) is 16.8. The zero-order valence-electron chi connectivity index (χ0n) is 14.3. The van der Waals surface area contributed by atoms with Gasteiger partial charge in [-0.15, -0.1) is 0 Å². The minimum atomic E-state index is -0.354. The summed E-state index contributed by atoms with van der Waals surface area (Å²) in [5, 5.41) is 0. The van der Waals surface area contributed by atoms with E-state index in [9.17, 15) is 4.79 Å². The van der Waals surface area contributed by atoms with Gasteiger partial charge in [0, 0.05) is 6.08 Å². The second-order valence-electron chi connectivity index (χ2n) is 5.43. The van der Waals surface area contributed by atoms with Gasteiger partial charge in [0.05, 0.1) is 13.7 Å². The van der Waals surface area contributed by atoms with Crippen molar-refractivity contribution in [3.63, 3.8) is 0 Å². The topological polar surface area (TPSA) is 35.5 Å². The monoisotopic (exact) mass is 316 g/mol. The molecular weight excluding hydrogens is 288 g/mol. The van der Waals surface area contributed by atoms with Gasteiger partial charge in [-0.25, -0.2) is 4.79 Å². The number of rotatable bonds is 11. The SMILES string of the molecule is CCCCCCCCOc1ccc(/C=C\C=C/C(=O)OC)cc1. The van der Waals surface area contributed by atoms with Crippen molar-refractivity contribution in [2.24, 2.45) is 0 Å². The third kappa shape index (κ3) is 9.56. The van der Waals surface area contributed by atoms with Crippen LogP contribution in [0.15, 0.2) is 42.5 Å². The zero-order valence-corrected chi connectivity index (χ0v) is 14.3. The lowest BCUT2D eigenvalue weighted by Gasteiger charge is -2.06. The smallest absolute Gasteiger partial charge is 0.330 e. The first-order valence-corrected chi connectivity index (χ1v) is 8.42. The molecule has 3 nitrogen and oxygen atoms in total. The van der Waals surface area contributed by atoms with Gasteiger partial charge in [-0.05, 0) is 24.1 Å². The Bertz CT molecular complexity index is 486. The number of carbonyl (C=O) groups excluding carboxylic acids is 1. The lowest BCUT2D eigenvalue weighted by atomic mass is 10.1. The summed E-state index contributed by atoms with van der Waals surface area (Å²) in [4.78, 5) is 10.9. The van der Waals surface area contributed by atoms with E-state index in [2.05, 4.69) is 11.7 Å². The third-order valence-electron chi connectivity index (χ3n) is 3.48. The van der Waals surface area contributed by atoms with Crippen LogP contribution < -0.4 is 4.74 Å². The number of esters is 1.